The highest BCUT2D eigenvalue weighted by molar-refractivity contribution is 9.08. The van der Waals surface area contributed by atoms with Gasteiger partial charge in [-0.3, -0.25) is 0 Å². The zero-order valence-corrected chi connectivity index (χ0v) is 13.9. The average molecular weight is 376 g/mol. The van der Waals surface area contributed by atoms with Gasteiger partial charge in [-0.15, -0.1) is 0 Å². The van der Waals surface area contributed by atoms with Gasteiger partial charge in [0, 0.05) is 28.6 Å². The number of halogens is 3. The van der Waals surface area contributed by atoms with E-state index in [0.29, 0.717) is 16.5 Å². The molecule has 0 fully saturated rings. The molecule has 1 aliphatic rings. The lowest BCUT2D eigenvalue weighted by Gasteiger charge is -2.13. The molecule has 0 amide bonds. The Morgan fingerprint density at radius 3 is 2.78 bits per heavy atom. The highest BCUT2D eigenvalue weighted by Crippen LogP contribution is 2.40. The SMILES string of the molecule is C/C(C#N)=C1/c2ccc(CBr)cc2COc2cc(F)cc(F)c21. The van der Waals surface area contributed by atoms with Crippen molar-refractivity contribution in [3.05, 3.63) is 69.8 Å². The van der Waals surface area contributed by atoms with Crippen molar-refractivity contribution in [3.63, 3.8) is 0 Å². The summed E-state index contributed by atoms with van der Waals surface area (Å²) in [6.45, 7) is 1.81. The Morgan fingerprint density at radius 1 is 1.30 bits per heavy atom. The van der Waals surface area contributed by atoms with Crippen LogP contribution in [0.3, 0.4) is 0 Å². The highest BCUT2D eigenvalue weighted by atomic mass is 79.9. The Labute approximate surface area is 141 Å². The van der Waals surface area contributed by atoms with Gasteiger partial charge in [-0.1, -0.05) is 34.1 Å². The Balaban J connectivity index is 2.35. The Bertz CT molecular complexity index is 868. The van der Waals surface area contributed by atoms with Crippen LogP contribution in [0.25, 0.3) is 5.57 Å². The first-order chi connectivity index (χ1) is 11.0. The zero-order chi connectivity index (χ0) is 16.6. The van der Waals surface area contributed by atoms with E-state index < -0.39 is 11.6 Å². The molecule has 0 spiro atoms. The first-order valence-corrected chi connectivity index (χ1v) is 8.08. The summed E-state index contributed by atoms with van der Waals surface area (Å²) in [6.07, 6.45) is 0. The van der Waals surface area contributed by atoms with Crippen molar-refractivity contribution in [1.82, 2.24) is 0 Å². The molecule has 116 valence electrons. The fourth-order valence-corrected chi connectivity index (χ4v) is 3.08. The summed E-state index contributed by atoms with van der Waals surface area (Å²) in [5.74, 6) is -1.33. The summed E-state index contributed by atoms with van der Waals surface area (Å²) in [7, 11) is 0. The molecule has 2 aromatic carbocycles. The van der Waals surface area contributed by atoms with Gasteiger partial charge in [0.1, 0.15) is 24.0 Å². The number of nitriles is 1. The van der Waals surface area contributed by atoms with Crippen molar-refractivity contribution in [3.8, 4) is 11.8 Å². The van der Waals surface area contributed by atoms with Crippen molar-refractivity contribution >= 4 is 21.5 Å². The Morgan fingerprint density at radius 2 is 2.09 bits per heavy atom. The number of allylic oxidation sites excluding steroid dienone is 1. The molecular weight excluding hydrogens is 364 g/mol. The minimum Gasteiger partial charge on any atom is -0.488 e. The van der Waals surface area contributed by atoms with Crippen molar-refractivity contribution < 1.29 is 13.5 Å². The van der Waals surface area contributed by atoms with Crippen LogP contribution in [-0.4, -0.2) is 0 Å². The van der Waals surface area contributed by atoms with Crippen LogP contribution in [0.5, 0.6) is 5.75 Å². The van der Waals surface area contributed by atoms with E-state index in [1.54, 1.807) is 6.92 Å². The molecule has 0 N–H and O–H groups in total. The lowest BCUT2D eigenvalue weighted by molar-refractivity contribution is 0.303. The number of hydrogen-bond donors (Lipinski definition) is 0. The summed E-state index contributed by atoms with van der Waals surface area (Å²) in [5.41, 5.74) is 3.55. The molecule has 2 nitrogen and oxygen atoms in total. The Hall–Kier alpha value is -2.19. The Kier molecular flexibility index (Phi) is 4.18. The number of fused-ring (bicyclic) bond motifs is 2. The van der Waals surface area contributed by atoms with Crippen LogP contribution in [0.4, 0.5) is 8.78 Å². The van der Waals surface area contributed by atoms with E-state index in [4.69, 9.17) is 4.74 Å². The second kappa shape index (κ2) is 6.13. The maximum absolute atomic E-state index is 14.4. The van der Waals surface area contributed by atoms with Crippen molar-refractivity contribution in [2.24, 2.45) is 0 Å². The monoisotopic (exact) mass is 375 g/mol. The molecule has 3 rings (SSSR count). The number of benzene rings is 2. The van der Waals surface area contributed by atoms with E-state index >= 15 is 0 Å². The van der Waals surface area contributed by atoms with Gasteiger partial charge < -0.3 is 4.74 Å². The van der Waals surface area contributed by atoms with E-state index in [1.807, 2.05) is 18.2 Å². The fourth-order valence-electron chi connectivity index (χ4n) is 2.74. The van der Waals surface area contributed by atoms with Crippen molar-refractivity contribution in [2.45, 2.75) is 18.9 Å². The average Bonchev–Trinajstić information content (AvgIpc) is 2.70. The van der Waals surface area contributed by atoms with Crippen LogP contribution in [0, 0.1) is 23.0 Å². The van der Waals surface area contributed by atoms with Crippen LogP contribution in [-0.2, 0) is 11.9 Å². The fraction of sp³-hybridized carbons (Fsp3) is 0.167. The number of ether oxygens (including phenoxy) is 1. The van der Waals surface area contributed by atoms with Crippen LogP contribution in [0.15, 0.2) is 35.9 Å². The first kappa shape index (κ1) is 15.7. The molecule has 0 bridgehead atoms. The highest BCUT2D eigenvalue weighted by Gasteiger charge is 2.25. The lowest BCUT2D eigenvalue weighted by Crippen LogP contribution is -1.98. The van der Waals surface area contributed by atoms with Crippen LogP contribution in [0.2, 0.25) is 0 Å². The molecule has 0 aromatic heterocycles. The number of nitrogens with zero attached hydrogens (tertiary/aromatic N) is 1. The third-order valence-electron chi connectivity index (χ3n) is 3.79. The quantitative estimate of drug-likeness (QED) is 0.513. The van der Waals surface area contributed by atoms with E-state index in [2.05, 4.69) is 22.0 Å². The molecule has 0 aliphatic carbocycles. The second-order valence-corrected chi connectivity index (χ2v) is 5.85. The predicted octanol–water partition coefficient (Wildman–Crippen LogP) is 5.10. The minimum atomic E-state index is -0.734. The van der Waals surface area contributed by atoms with E-state index in [-0.39, 0.29) is 17.9 Å². The van der Waals surface area contributed by atoms with Gasteiger partial charge in [0.05, 0.1) is 11.6 Å². The molecule has 0 saturated carbocycles. The normalized spacial score (nSPS) is 14.9. The standard InChI is InChI=1S/C18H12BrF2NO/c1-10(8-22)17-14-3-2-11(7-19)4-12(14)9-23-16-6-13(20)5-15(21)18(16)17/h2-6H,7,9H2,1H3/b17-10+. The van der Waals surface area contributed by atoms with Crippen LogP contribution < -0.4 is 4.74 Å². The molecule has 5 heteroatoms. The molecule has 2 aromatic rings. The predicted molar refractivity (Wildman–Crippen MR) is 87.1 cm³/mol. The lowest BCUT2D eigenvalue weighted by atomic mass is 9.90. The van der Waals surface area contributed by atoms with Gasteiger partial charge in [-0.25, -0.2) is 8.78 Å². The van der Waals surface area contributed by atoms with Gasteiger partial charge in [0.2, 0.25) is 0 Å². The van der Waals surface area contributed by atoms with Gasteiger partial charge in [0.25, 0.3) is 0 Å². The van der Waals surface area contributed by atoms with Gasteiger partial charge >= 0.3 is 0 Å². The van der Waals surface area contributed by atoms with Crippen molar-refractivity contribution in [2.75, 3.05) is 0 Å². The van der Waals surface area contributed by atoms with E-state index in [1.165, 1.54) is 0 Å². The number of hydrogen-bond acceptors (Lipinski definition) is 2. The van der Waals surface area contributed by atoms with Crippen LogP contribution >= 0.6 is 15.9 Å². The molecule has 0 unspecified atom stereocenters. The second-order valence-electron chi connectivity index (χ2n) is 5.29. The molecule has 0 atom stereocenters. The number of alkyl halides is 1. The maximum Gasteiger partial charge on any atom is 0.137 e. The largest absolute Gasteiger partial charge is 0.488 e. The van der Waals surface area contributed by atoms with Gasteiger partial charge in [-0.2, -0.15) is 5.26 Å². The molecule has 1 heterocycles. The number of rotatable bonds is 1. The summed E-state index contributed by atoms with van der Waals surface area (Å²) >= 11 is 3.40. The molecule has 0 saturated heterocycles. The maximum atomic E-state index is 14.4. The van der Waals surface area contributed by atoms with Gasteiger partial charge in [0.15, 0.2) is 0 Å². The van der Waals surface area contributed by atoms with Crippen molar-refractivity contribution in [1.29, 1.82) is 5.26 Å². The molecule has 23 heavy (non-hydrogen) atoms. The minimum absolute atomic E-state index is 0.115. The summed E-state index contributed by atoms with van der Waals surface area (Å²) in [5, 5.41) is 10.00. The third-order valence-corrected chi connectivity index (χ3v) is 4.44. The first-order valence-electron chi connectivity index (χ1n) is 6.96. The molecule has 1 aliphatic heterocycles. The zero-order valence-electron chi connectivity index (χ0n) is 12.3. The summed E-state index contributed by atoms with van der Waals surface area (Å²) in [6, 6.07) is 9.73. The van der Waals surface area contributed by atoms with E-state index in [9.17, 15) is 14.0 Å². The van der Waals surface area contributed by atoms with E-state index in [0.717, 1.165) is 28.8 Å². The summed E-state index contributed by atoms with van der Waals surface area (Å²) < 4.78 is 33.6. The third kappa shape index (κ3) is 2.75. The van der Waals surface area contributed by atoms with Gasteiger partial charge in [-0.05, 0) is 23.6 Å². The smallest absolute Gasteiger partial charge is 0.137 e. The molecule has 0 radical (unpaired) electrons. The summed E-state index contributed by atoms with van der Waals surface area (Å²) in [4.78, 5) is 0. The molecular formula is C18H12BrF2NO. The topological polar surface area (TPSA) is 33.0 Å². The van der Waals surface area contributed by atoms with Crippen LogP contribution in [0.1, 0.15) is 29.2 Å².